The predicted molar refractivity (Wildman–Crippen MR) is 86.2 cm³/mol. The number of ether oxygens (including phenoxy) is 1. The number of amides is 1. The highest BCUT2D eigenvalue weighted by molar-refractivity contribution is 6.33. The van der Waals surface area contributed by atoms with Gasteiger partial charge in [-0.05, 0) is 29.5 Å². The van der Waals surface area contributed by atoms with Crippen LogP contribution in [0, 0.1) is 0 Å². The number of carbonyl (C=O) groups is 1. The van der Waals surface area contributed by atoms with E-state index in [1.807, 2.05) is 0 Å². The topological polar surface area (TPSA) is 94.0 Å². The highest BCUT2D eigenvalue weighted by Gasteiger charge is 2.17. The monoisotopic (exact) mass is 338 g/mol. The van der Waals surface area contributed by atoms with E-state index in [1.54, 1.807) is 12.1 Å². The lowest BCUT2D eigenvalue weighted by Crippen LogP contribution is -2.32. The van der Waals surface area contributed by atoms with Gasteiger partial charge in [-0.2, -0.15) is 4.68 Å². The van der Waals surface area contributed by atoms with Crippen LogP contribution in [-0.4, -0.2) is 52.9 Å². The van der Waals surface area contributed by atoms with Crippen molar-refractivity contribution in [2.45, 2.75) is 13.3 Å². The third kappa shape index (κ3) is 4.40. The van der Waals surface area contributed by atoms with E-state index in [1.165, 1.54) is 18.1 Å². The molecule has 0 atom stereocenters. The maximum atomic E-state index is 12.3. The average Bonchev–Trinajstić information content (AvgIpc) is 3.08. The van der Waals surface area contributed by atoms with Gasteiger partial charge in [-0.15, -0.1) is 5.10 Å². The van der Waals surface area contributed by atoms with Crippen molar-refractivity contribution < 1.29 is 9.53 Å². The molecule has 2 rings (SSSR count). The minimum Gasteiger partial charge on any atom is -0.496 e. The van der Waals surface area contributed by atoms with E-state index in [4.69, 9.17) is 16.3 Å². The molecule has 0 radical (unpaired) electrons. The van der Waals surface area contributed by atoms with Crippen LogP contribution in [-0.2, 0) is 0 Å². The standard InChI is InChI=1S/C14H19ClN6O2/c1-3-4-16-5-6-17-14(22)10-7-11(15)12(8-13(10)23-2)21-9-18-19-20-21/h7-9,16H,3-6H2,1-2H3,(H,17,22). The summed E-state index contributed by atoms with van der Waals surface area (Å²) in [4.78, 5) is 12.3. The summed E-state index contributed by atoms with van der Waals surface area (Å²) in [6, 6.07) is 3.18. The fourth-order valence-electron chi connectivity index (χ4n) is 2.00. The summed E-state index contributed by atoms with van der Waals surface area (Å²) in [7, 11) is 1.49. The quantitative estimate of drug-likeness (QED) is 0.699. The van der Waals surface area contributed by atoms with Crippen LogP contribution in [0.25, 0.3) is 5.69 Å². The Morgan fingerprint density at radius 3 is 2.83 bits per heavy atom. The van der Waals surface area contributed by atoms with E-state index < -0.39 is 0 Å². The van der Waals surface area contributed by atoms with Gasteiger partial charge in [-0.1, -0.05) is 18.5 Å². The van der Waals surface area contributed by atoms with Crippen LogP contribution >= 0.6 is 11.6 Å². The van der Waals surface area contributed by atoms with Gasteiger partial charge in [0.2, 0.25) is 0 Å². The van der Waals surface area contributed by atoms with Gasteiger partial charge in [0, 0.05) is 19.2 Å². The van der Waals surface area contributed by atoms with E-state index in [-0.39, 0.29) is 5.91 Å². The Balaban J connectivity index is 2.12. The van der Waals surface area contributed by atoms with E-state index in [2.05, 4.69) is 33.1 Å². The Bertz CT molecular complexity index is 647. The minimum absolute atomic E-state index is 0.245. The Kier molecular flexibility index (Phi) is 6.30. The number of hydrogen-bond acceptors (Lipinski definition) is 6. The molecule has 0 fully saturated rings. The summed E-state index contributed by atoms with van der Waals surface area (Å²) >= 11 is 6.23. The van der Waals surface area contributed by atoms with Crippen molar-refractivity contribution in [2.75, 3.05) is 26.7 Å². The lowest BCUT2D eigenvalue weighted by Gasteiger charge is -2.12. The number of hydrogen-bond donors (Lipinski definition) is 2. The molecule has 0 spiro atoms. The summed E-state index contributed by atoms with van der Waals surface area (Å²) in [5, 5.41) is 17.3. The van der Waals surface area contributed by atoms with Gasteiger partial charge in [0.25, 0.3) is 5.91 Å². The lowest BCUT2D eigenvalue weighted by molar-refractivity contribution is 0.0951. The van der Waals surface area contributed by atoms with Gasteiger partial charge in [-0.25, -0.2) is 0 Å². The van der Waals surface area contributed by atoms with Crippen LogP contribution in [0.1, 0.15) is 23.7 Å². The van der Waals surface area contributed by atoms with Crippen LogP contribution in [0.5, 0.6) is 5.75 Å². The largest absolute Gasteiger partial charge is 0.496 e. The first-order chi connectivity index (χ1) is 11.2. The second kappa shape index (κ2) is 8.44. The van der Waals surface area contributed by atoms with Crippen molar-refractivity contribution >= 4 is 17.5 Å². The van der Waals surface area contributed by atoms with Gasteiger partial charge in [-0.3, -0.25) is 4.79 Å². The fourth-order valence-corrected chi connectivity index (χ4v) is 2.25. The lowest BCUT2D eigenvalue weighted by atomic mass is 10.1. The molecule has 2 N–H and O–H groups in total. The summed E-state index contributed by atoms with van der Waals surface area (Å²) in [5.41, 5.74) is 0.902. The maximum Gasteiger partial charge on any atom is 0.255 e. The SMILES string of the molecule is CCCNCCNC(=O)c1cc(Cl)c(-n2cnnn2)cc1OC. The van der Waals surface area contributed by atoms with Crippen molar-refractivity contribution in [3.05, 3.63) is 29.0 Å². The number of nitrogens with zero attached hydrogens (tertiary/aromatic N) is 4. The highest BCUT2D eigenvalue weighted by Crippen LogP contribution is 2.29. The van der Waals surface area contributed by atoms with Crippen molar-refractivity contribution in [1.82, 2.24) is 30.8 Å². The molecule has 1 amide bonds. The molecule has 23 heavy (non-hydrogen) atoms. The van der Waals surface area contributed by atoms with Crippen LogP contribution in [0.4, 0.5) is 0 Å². The maximum absolute atomic E-state index is 12.3. The summed E-state index contributed by atoms with van der Waals surface area (Å²) in [5.74, 6) is 0.157. The zero-order chi connectivity index (χ0) is 16.7. The zero-order valence-corrected chi connectivity index (χ0v) is 13.8. The summed E-state index contributed by atoms with van der Waals surface area (Å²) in [6.07, 6.45) is 2.47. The van der Waals surface area contributed by atoms with Crippen molar-refractivity contribution in [3.8, 4) is 11.4 Å². The molecule has 0 aliphatic heterocycles. The minimum atomic E-state index is -0.245. The fraction of sp³-hybridized carbons (Fsp3) is 0.429. The van der Waals surface area contributed by atoms with Crippen molar-refractivity contribution in [3.63, 3.8) is 0 Å². The van der Waals surface area contributed by atoms with Crippen LogP contribution in [0.3, 0.4) is 0 Å². The number of aromatic nitrogens is 4. The molecule has 9 heteroatoms. The number of halogens is 1. The van der Waals surface area contributed by atoms with Crippen molar-refractivity contribution in [1.29, 1.82) is 0 Å². The van der Waals surface area contributed by atoms with Gasteiger partial charge in [0.1, 0.15) is 12.1 Å². The third-order valence-electron chi connectivity index (χ3n) is 3.12. The van der Waals surface area contributed by atoms with E-state index in [9.17, 15) is 4.79 Å². The Labute approximate surface area is 139 Å². The van der Waals surface area contributed by atoms with Gasteiger partial charge < -0.3 is 15.4 Å². The molecule has 0 aliphatic rings. The average molecular weight is 339 g/mol. The summed E-state index contributed by atoms with van der Waals surface area (Å²) < 4.78 is 6.69. The molecule has 0 aliphatic carbocycles. The number of nitrogens with one attached hydrogen (secondary N) is 2. The molecule has 0 saturated carbocycles. The third-order valence-corrected chi connectivity index (χ3v) is 3.43. The molecule has 0 saturated heterocycles. The molecular weight excluding hydrogens is 320 g/mol. The Hall–Kier alpha value is -2.19. The molecule has 1 aromatic heterocycles. The van der Waals surface area contributed by atoms with Gasteiger partial charge >= 0.3 is 0 Å². The van der Waals surface area contributed by atoms with Crippen LogP contribution in [0.2, 0.25) is 5.02 Å². The normalized spacial score (nSPS) is 10.6. The number of rotatable bonds is 8. The Morgan fingerprint density at radius 2 is 2.17 bits per heavy atom. The van der Waals surface area contributed by atoms with E-state index in [0.29, 0.717) is 35.1 Å². The van der Waals surface area contributed by atoms with Gasteiger partial charge in [0.15, 0.2) is 0 Å². The molecular formula is C14H19ClN6O2. The molecule has 1 aromatic carbocycles. The molecule has 0 bridgehead atoms. The number of tetrazole rings is 1. The van der Waals surface area contributed by atoms with Crippen LogP contribution < -0.4 is 15.4 Å². The Morgan fingerprint density at radius 1 is 1.35 bits per heavy atom. The predicted octanol–water partition coefficient (Wildman–Crippen LogP) is 1.05. The second-order valence-electron chi connectivity index (χ2n) is 4.76. The number of carbonyl (C=O) groups excluding carboxylic acids is 1. The first-order valence-corrected chi connectivity index (χ1v) is 7.65. The molecule has 0 unspecified atom stereocenters. The molecule has 124 valence electrons. The smallest absolute Gasteiger partial charge is 0.255 e. The highest BCUT2D eigenvalue weighted by atomic mass is 35.5. The molecule has 1 heterocycles. The first-order valence-electron chi connectivity index (χ1n) is 7.27. The van der Waals surface area contributed by atoms with Crippen molar-refractivity contribution in [2.24, 2.45) is 0 Å². The zero-order valence-electron chi connectivity index (χ0n) is 13.0. The van der Waals surface area contributed by atoms with E-state index in [0.717, 1.165) is 13.0 Å². The van der Waals surface area contributed by atoms with E-state index >= 15 is 0 Å². The summed E-state index contributed by atoms with van der Waals surface area (Å²) in [6.45, 7) is 4.24. The molecule has 2 aromatic rings. The number of benzene rings is 1. The first kappa shape index (κ1) is 17.2. The molecule has 8 nitrogen and oxygen atoms in total. The second-order valence-corrected chi connectivity index (χ2v) is 5.17. The van der Waals surface area contributed by atoms with Crippen LogP contribution in [0.15, 0.2) is 18.5 Å². The number of methoxy groups -OCH3 is 1. The van der Waals surface area contributed by atoms with Gasteiger partial charge in [0.05, 0.1) is 23.4 Å².